The summed E-state index contributed by atoms with van der Waals surface area (Å²) in [5.41, 5.74) is 0.270. The standard InChI is InChI=1S/C35H47N3O9S2/c1-25-22-38(26(2)24-39)35(40)32-21-28(36-48(41,42)30-17-15-29(45-5)16-18-30)14-19-33(32)47-27(3)11-9-10-20-46-34(25)23-37(4)49(43,44)31-12-7-6-8-13-31/h6-8,12-19,21,25-27,34,36,39H,9-11,20,22-24H2,1-5H3/t25-,26+,27-,34+/m1/s1. The molecule has 268 valence electrons. The largest absolute Gasteiger partial charge is 0.497 e. The lowest BCUT2D eigenvalue weighted by molar-refractivity contribution is -0.00833. The van der Waals surface area contributed by atoms with Gasteiger partial charge in [0, 0.05) is 38.3 Å². The molecule has 1 amide bonds. The number of likely N-dealkylation sites (N-methyl/N-ethyl adjacent to an activating group) is 1. The average Bonchev–Trinajstić information content (AvgIpc) is 3.09. The fourth-order valence-electron chi connectivity index (χ4n) is 5.54. The minimum absolute atomic E-state index is 0.0132. The van der Waals surface area contributed by atoms with Crippen molar-refractivity contribution in [3.05, 3.63) is 78.4 Å². The Balaban J connectivity index is 1.67. The fourth-order valence-corrected chi connectivity index (χ4v) is 7.80. The number of anilines is 1. The zero-order chi connectivity index (χ0) is 35.8. The fraction of sp³-hybridized carbons (Fsp3) is 0.457. The van der Waals surface area contributed by atoms with Crippen molar-refractivity contribution in [3.8, 4) is 11.5 Å². The lowest BCUT2D eigenvalue weighted by Crippen LogP contribution is -2.48. The number of carbonyl (C=O) groups is 1. The number of carbonyl (C=O) groups excluding carboxylic acids is 1. The van der Waals surface area contributed by atoms with Gasteiger partial charge in [-0.15, -0.1) is 0 Å². The molecule has 0 fully saturated rings. The molecule has 0 saturated heterocycles. The van der Waals surface area contributed by atoms with Crippen molar-refractivity contribution < 1.29 is 40.9 Å². The van der Waals surface area contributed by atoms with Crippen LogP contribution in [0.25, 0.3) is 0 Å². The summed E-state index contributed by atoms with van der Waals surface area (Å²) in [7, 11) is -4.83. The highest BCUT2D eigenvalue weighted by molar-refractivity contribution is 7.92. The van der Waals surface area contributed by atoms with Gasteiger partial charge < -0.3 is 24.2 Å². The second kappa shape index (κ2) is 16.8. The molecule has 0 bridgehead atoms. The summed E-state index contributed by atoms with van der Waals surface area (Å²) in [5.74, 6) is -0.0608. The molecule has 0 saturated carbocycles. The van der Waals surface area contributed by atoms with Crippen LogP contribution in [0, 0.1) is 5.92 Å². The number of sulfonamides is 2. The normalized spacial score (nSPS) is 20.5. The molecule has 0 aromatic heterocycles. The Bertz CT molecular complexity index is 1750. The molecule has 0 unspecified atom stereocenters. The summed E-state index contributed by atoms with van der Waals surface area (Å²) in [4.78, 5) is 16.1. The highest BCUT2D eigenvalue weighted by atomic mass is 32.2. The smallest absolute Gasteiger partial charge is 0.261 e. The zero-order valence-corrected chi connectivity index (χ0v) is 30.2. The summed E-state index contributed by atoms with van der Waals surface area (Å²) >= 11 is 0. The van der Waals surface area contributed by atoms with E-state index >= 15 is 0 Å². The molecule has 2 N–H and O–H groups in total. The number of hydrogen-bond donors (Lipinski definition) is 2. The molecule has 1 aliphatic rings. The van der Waals surface area contributed by atoms with Crippen molar-refractivity contribution in [2.24, 2.45) is 5.92 Å². The minimum Gasteiger partial charge on any atom is -0.497 e. The van der Waals surface area contributed by atoms with Gasteiger partial charge in [-0.3, -0.25) is 9.52 Å². The summed E-state index contributed by atoms with van der Waals surface area (Å²) in [6.07, 6.45) is 1.26. The third kappa shape index (κ3) is 9.73. The molecule has 3 aromatic carbocycles. The van der Waals surface area contributed by atoms with Crippen molar-refractivity contribution in [2.45, 2.75) is 68.1 Å². The summed E-state index contributed by atoms with van der Waals surface area (Å²) in [6.45, 7) is 5.67. The first-order chi connectivity index (χ1) is 23.3. The maximum absolute atomic E-state index is 14.4. The number of amides is 1. The molecule has 0 radical (unpaired) electrons. The van der Waals surface area contributed by atoms with Crippen LogP contribution < -0.4 is 14.2 Å². The van der Waals surface area contributed by atoms with Crippen LogP contribution >= 0.6 is 0 Å². The summed E-state index contributed by atoms with van der Waals surface area (Å²) in [6, 6.07) is 18.0. The average molecular weight is 718 g/mol. The van der Waals surface area contributed by atoms with E-state index in [1.165, 1.54) is 53.7 Å². The lowest BCUT2D eigenvalue weighted by atomic mass is 10.0. The first kappa shape index (κ1) is 38.1. The molecule has 1 aliphatic heterocycles. The molecule has 14 heteroatoms. The number of benzene rings is 3. The topological polar surface area (TPSA) is 152 Å². The Morgan fingerprint density at radius 1 is 1.00 bits per heavy atom. The second-order valence-corrected chi connectivity index (χ2v) is 16.1. The van der Waals surface area contributed by atoms with Crippen LogP contribution in [-0.4, -0.2) is 95.8 Å². The van der Waals surface area contributed by atoms with E-state index in [4.69, 9.17) is 14.2 Å². The summed E-state index contributed by atoms with van der Waals surface area (Å²) < 4.78 is 74.7. The van der Waals surface area contributed by atoms with Gasteiger partial charge >= 0.3 is 0 Å². The van der Waals surface area contributed by atoms with Gasteiger partial charge in [0.05, 0.1) is 47.3 Å². The molecule has 0 spiro atoms. The van der Waals surface area contributed by atoms with Gasteiger partial charge in [0.2, 0.25) is 10.0 Å². The van der Waals surface area contributed by atoms with Gasteiger partial charge in [-0.1, -0.05) is 25.1 Å². The van der Waals surface area contributed by atoms with Gasteiger partial charge in [0.15, 0.2) is 0 Å². The molecular weight excluding hydrogens is 671 g/mol. The number of rotatable bonds is 10. The first-order valence-corrected chi connectivity index (χ1v) is 19.2. The van der Waals surface area contributed by atoms with E-state index in [0.717, 1.165) is 6.42 Å². The third-order valence-corrected chi connectivity index (χ3v) is 11.8. The van der Waals surface area contributed by atoms with Gasteiger partial charge in [-0.2, -0.15) is 4.31 Å². The number of hydrogen-bond acceptors (Lipinski definition) is 9. The van der Waals surface area contributed by atoms with Crippen LogP contribution in [0.3, 0.4) is 0 Å². The summed E-state index contributed by atoms with van der Waals surface area (Å²) in [5, 5.41) is 10.2. The van der Waals surface area contributed by atoms with Gasteiger partial charge in [-0.25, -0.2) is 16.8 Å². The van der Waals surface area contributed by atoms with E-state index in [-0.39, 0.29) is 58.5 Å². The SMILES string of the molecule is COc1ccc(S(=O)(=O)Nc2ccc3c(c2)C(=O)N([C@@H](C)CO)C[C@@H](C)[C@H](CN(C)S(=O)(=O)c2ccccc2)OCCCC[C@@H](C)O3)cc1. The first-order valence-electron chi connectivity index (χ1n) is 16.3. The van der Waals surface area contributed by atoms with Crippen molar-refractivity contribution in [1.29, 1.82) is 0 Å². The van der Waals surface area contributed by atoms with E-state index in [0.29, 0.717) is 25.2 Å². The zero-order valence-electron chi connectivity index (χ0n) is 28.6. The van der Waals surface area contributed by atoms with Crippen molar-refractivity contribution in [2.75, 3.05) is 45.2 Å². The van der Waals surface area contributed by atoms with E-state index in [9.17, 15) is 26.7 Å². The minimum atomic E-state index is -4.02. The van der Waals surface area contributed by atoms with Crippen LogP contribution in [0.15, 0.2) is 82.6 Å². The Labute approximate surface area is 290 Å². The number of fused-ring (bicyclic) bond motifs is 1. The Morgan fingerprint density at radius 2 is 1.69 bits per heavy atom. The molecule has 0 aliphatic carbocycles. The quantitative estimate of drug-likeness (QED) is 0.306. The third-order valence-electron chi connectivity index (χ3n) is 8.56. The van der Waals surface area contributed by atoms with Crippen LogP contribution in [0.5, 0.6) is 11.5 Å². The predicted octanol–water partition coefficient (Wildman–Crippen LogP) is 4.61. The number of methoxy groups -OCH3 is 1. The Kier molecular flexibility index (Phi) is 13.1. The van der Waals surface area contributed by atoms with Crippen LogP contribution in [-0.2, 0) is 24.8 Å². The van der Waals surface area contributed by atoms with Gasteiger partial charge in [0.1, 0.15) is 11.5 Å². The number of nitrogens with one attached hydrogen (secondary N) is 1. The lowest BCUT2D eigenvalue weighted by Gasteiger charge is -2.35. The van der Waals surface area contributed by atoms with Gasteiger partial charge in [0.25, 0.3) is 15.9 Å². The Hall–Kier alpha value is -3.69. The Morgan fingerprint density at radius 3 is 2.35 bits per heavy atom. The second-order valence-electron chi connectivity index (χ2n) is 12.4. The molecule has 49 heavy (non-hydrogen) atoms. The monoisotopic (exact) mass is 717 g/mol. The maximum Gasteiger partial charge on any atom is 0.261 e. The van der Waals surface area contributed by atoms with E-state index in [2.05, 4.69) is 4.72 Å². The number of aliphatic hydroxyl groups excluding tert-OH is 1. The molecule has 4 atom stereocenters. The van der Waals surface area contributed by atoms with Crippen LogP contribution in [0.1, 0.15) is 50.4 Å². The van der Waals surface area contributed by atoms with E-state index < -0.39 is 38.1 Å². The van der Waals surface area contributed by atoms with Crippen LogP contribution in [0.4, 0.5) is 5.69 Å². The number of aliphatic hydroxyl groups is 1. The predicted molar refractivity (Wildman–Crippen MR) is 187 cm³/mol. The molecule has 4 rings (SSSR count). The number of nitrogens with zero attached hydrogens (tertiary/aromatic N) is 2. The molecule has 1 heterocycles. The number of ether oxygens (including phenoxy) is 3. The highest BCUT2D eigenvalue weighted by Crippen LogP contribution is 2.30. The molecular formula is C35H47N3O9S2. The molecule has 12 nitrogen and oxygen atoms in total. The van der Waals surface area contributed by atoms with Crippen molar-refractivity contribution in [3.63, 3.8) is 0 Å². The van der Waals surface area contributed by atoms with E-state index in [1.807, 2.05) is 13.8 Å². The van der Waals surface area contributed by atoms with Crippen molar-refractivity contribution >= 4 is 31.6 Å². The van der Waals surface area contributed by atoms with Gasteiger partial charge in [-0.05, 0) is 87.7 Å². The highest BCUT2D eigenvalue weighted by Gasteiger charge is 2.32. The van der Waals surface area contributed by atoms with E-state index in [1.54, 1.807) is 49.4 Å². The van der Waals surface area contributed by atoms with Crippen LogP contribution in [0.2, 0.25) is 0 Å². The maximum atomic E-state index is 14.4. The van der Waals surface area contributed by atoms with Crippen molar-refractivity contribution in [1.82, 2.24) is 9.21 Å². The molecule has 3 aromatic rings.